The Morgan fingerprint density at radius 3 is 2.44 bits per heavy atom. The Bertz CT molecular complexity index is 422. The molecular formula is C12H14ClF2NO2. The van der Waals surface area contributed by atoms with Crippen LogP contribution >= 0.6 is 12.4 Å². The maximum Gasteiger partial charge on any atom is 0.310 e. The van der Waals surface area contributed by atoms with Gasteiger partial charge in [0, 0.05) is 25.1 Å². The van der Waals surface area contributed by atoms with Gasteiger partial charge in [-0.1, -0.05) is 0 Å². The lowest BCUT2D eigenvalue weighted by atomic mass is 9.89. The molecule has 1 aliphatic heterocycles. The van der Waals surface area contributed by atoms with Gasteiger partial charge in [-0.3, -0.25) is 4.79 Å². The fourth-order valence-electron chi connectivity index (χ4n) is 2.22. The molecule has 100 valence electrons. The van der Waals surface area contributed by atoms with Crippen molar-refractivity contribution in [2.24, 2.45) is 5.92 Å². The minimum absolute atomic E-state index is 0. The molecule has 1 aromatic carbocycles. The molecule has 1 aliphatic rings. The van der Waals surface area contributed by atoms with Crippen LogP contribution in [-0.2, 0) is 9.53 Å². The van der Waals surface area contributed by atoms with Crippen molar-refractivity contribution in [1.29, 1.82) is 0 Å². The highest BCUT2D eigenvalue weighted by Crippen LogP contribution is 2.29. The second-order valence-electron chi connectivity index (χ2n) is 4.10. The van der Waals surface area contributed by atoms with Crippen LogP contribution in [0.3, 0.4) is 0 Å². The highest BCUT2D eigenvalue weighted by Gasteiger charge is 2.35. The van der Waals surface area contributed by atoms with E-state index in [4.69, 9.17) is 0 Å². The predicted molar refractivity (Wildman–Crippen MR) is 64.7 cm³/mol. The van der Waals surface area contributed by atoms with Crippen molar-refractivity contribution in [3.8, 4) is 0 Å². The van der Waals surface area contributed by atoms with Crippen LogP contribution in [0.2, 0.25) is 0 Å². The van der Waals surface area contributed by atoms with Crippen LogP contribution in [0.4, 0.5) is 8.78 Å². The van der Waals surface area contributed by atoms with Crippen molar-refractivity contribution >= 4 is 18.4 Å². The molecular weight excluding hydrogens is 264 g/mol. The average Bonchev–Trinajstić information content (AvgIpc) is 2.75. The molecule has 18 heavy (non-hydrogen) atoms. The van der Waals surface area contributed by atoms with E-state index in [9.17, 15) is 13.6 Å². The number of benzene rings is 1. The molecule has 0 aromatic heterocycles. The van der Waals surface area contributed by atoms with Crippen molar-refractivity contribution in [3.05, 3.63) is 35.4 Å². The van der Waals surface area contributed by atoms with Gasteiger partial charge in [-0.2, -0.15) is 0 Å². The molecule has 0 aliphatic carbocycles. The summed E-state index contributed by atoms with van der Waals surface area (Å²) in [5.74, 6) is -2.25. The number of hydrogen-bond acceptors (Lipinski definition) is 3. The van der Waals surface area contributed by atoms with Crippen molar-refractivity contribution in [2.75, 3.05) is 20.2 Å². The van der Waals surface area contributed by atoms with E-state index in [0.29, 0.717) is 18.7 Å². The van der Waals surface area contributed by atoms with Crippen molar-refractivity contribution in [1.82, 2.24) is 5.32 Å². The third-order valence-corrected chi connectivity index (χ3v) is 3.03. The number of rotatable bonds is 2. The maximum absolute atomic E-state index is 13.1. The molecule has 1 aromatic rings. The van der Waals surface area contributed by atoms with Gasteiger partial charge in [-0.05, 0) is 17.7 Å². The number of carbonyl (C=O) groups is 1. The summed E-state index contributed by atoms with van der Waals surface area (Å²) in [5.41, 5.74) is 0.489. The van der Waals surface area contributed by atoms with Crippen LogP contribution in [0, 0.1) is 17.6 Å². The largest absolute Gasteiger partial charge is 0.469 e. The Morgan fingerprint density at radius 2 is 1.89 bits per heavy atom. The number of halogens is 3. The molecule has 1 heterocycles. The molecule has 0 unspecified atom stereocenters. The van der Waals surface area contributed by atoms with Gasteiger partial charge < -0.3 is 10.1 Å². The minimum atomic E-state index is -0.629. The minimum Gasteiger partial charge on any atom is -0.469 e. The van der Waals surface area contributed by atoms with Gasteiger partial charge in [-0.25, -0.2) is 8.78 Å². The monoisotopic (exact) mass is 277 g/mol. The number of hydrogen-bond donors (Lipinski definition) is 1. The molecule has 1 saturated heterocycles. The topological polar surface area (TPSA) is 38.3 Å². The van der Waals surface area contributed by atoms with E-state index in [2.05, 4.69) is 10.1 Å². The first-order valence-electron chi connectivity index (χ1n) is 5.36. The zero-order valence-corrected chi connectivity index (χ0v) is 10.6. The fourth-order valence-corrected chi connectivity index (χ4v) is 2.22. The highest BCUT2D eigenvalue weighted by molar-refractivity contribution is 5.85. The van der Waals surface area contributed by atoms with Gasteiger partial charge in [0.15, 0.2) is 0 Å². The van der Waals surface area contributed by atoms with Gasteiger partial charge in [0.05, 0.1) is 13.0 Å². The zero-order chi connectivity index (χ0) is 12.4. The molecule has 0 bridgehead atoms. The third-order valence-electron chi connectivity index (χ3n) is 3.03. The van der Waals surface area contributed by atoms with Crippen molar-refractivity contribution in [2.45, 2.75) is 5.92 Å². The van der Waals surface area contributed by atoms with Crippen LogP contribution in [0.25, 0.3) is 0 Å². The summed E-state index contributed by atoms with van der Waals surface area (Å²) in [6.07, 6.45) is 0. The summed E-state index contributed by atoms with van der Waals surface area (Å²) in [5, 5.41) is 3.03. The fraction of sp³-hybridized carbons (Fsp3) is 0.417. The van der Waals surface area contributed by atoms with Gasteiger partial charge in [0.2, 0.25) is 0 Å². The van der Waals surface area contributed by atoms with E-state index in [0.717, 1.165) is 6.07 Å². The number of nitrogens with one attached hydrogen (secondary N) is 1. The van der Waals surface area contributed by atoms with Gasteiger partial charge in [0.25, 0.3) is 0 Å². The Morgan fingerprint density at radius 1 is 1.28 bits per heavy atom. The molecule has 0 spiro atoms. The second-order valence-corrected chi connectivity index (χ2v) is 4.10. The quantitative estimate of drug-likeness (QED) is 0.839. The molecule has 2 atom stereocenters. The third kappa shape index (κ3) is 2.97. The predicted octanol–water partition coefficient (Wildman–Crippen LogP) is 1.86. The van der Waals surface area contributed by atoms with Crippen LogP contribution in [0.5, 0.6) is 0 Å². The lowest BCUT2D eigenvalue weighted by molar-refractivity contribution is -0.145. The summed E-state index contributed by atoms with van der Waals surface area (Å²) in [6, 6.07) is 3.34. The van der Waals surface area contributed by atoms with E-state index >= 15 is 0 Å². The lowest BCUT2D eigenvalue weighted by Crippen LogP contribution is -2.23. The Balaban J connectivity index is 0.00000162. The van der Waals surface area contributed by atoms with Gasteiger partial charge in [0.1, 0.15) is 11.6 Å². The molecule has 1 N–H and O–H groups in total. The van der Waals surface area contributed by atoms with E-state index < -0.39 is 11.6 Å². The standard InChI is InChI=1S/C12H13F2NO2.ClH/c1-17-12(16)11-6-15-5-10(11)7-2-8(13)4-9(14)3-7;/h2-4,10-11,15H,5-6H2,1H3;1H/t10-,11+;/m0./s1. The number of methoxy groups -OCH3 is 1. The zero-order valence-electron chi connectivity index (χ0n) is 9.78. The molecule has 0 saturated carbocycles. The highest BCUT2D eigenvalue weighted by atomic mass is 35.5. The Hall–Kier alpha value is -1.20. The summed E-state index contributed by atoms with van der Waals surface area (Å²) >= 11 is 0. The maximum atomic E-state index is 13.1. The van der Waals surface area contributed by atoms with Crippen LogP contribution in [0.15, 0.2) is 18.2 Å². The summed E-state index contributed by atoms with van der Waals surface area (Å²) in [4.78, 5) is 11.5. The number of carbonyl (C=O) groups excluding carboxylic acids is 1. The van der Waals surface area contributed by atoms with Crippen LogP contribution in [0.1, 0.15) is 11.5 Å². The van der Waals surface area contributed by atoms with E-state index in [-0.39, 0.29) is 30.2 Å². The normalized spacial score (nSPS) is 22.4. The first-order valence-corrected chi connectivity index (χ1v) is 5.36. The lowest BCUT2D eigenvalue weighted by Gasteiger charge is -2.16. The first-order chi connectivity index (χ1) is 8.11. The summed E-state index contributed by atoms with van der Waals surface area (Å²) < 4.78 is 30.9. The Kier molecular flexibility index (Phi) is 5.04. The van der Waals surface area contributed by atoms with Crippen LogP contribution < -0.4 is 5.32 Å². The van der Waals surface area contributed by atoms with E-state index in [1.807, 2.05) is 0 Å². The number of esters is 1. The van der Waals surface area contributed by atoms with Crippen molar-refractivity contribution in [3.63, 3.8) is 0 Å². The molecule has 0 radical (unpaired) electrons. The SMILES string of the molecule is COC(=O)[C@@H]1CNC[C@H]1c1cc(F)cc(F)c1.Cl. The summed E-state index contributed by atoms with van der Waals surface area (Å²) in [7, 11) is 1.31. The van der Waals surface area contributed by atoms with Crippen LogP contribution in [-0.4, -0.2) is 26.2 Å². The molecule has 0 amide bonds. The molecule has 2 rings (SSSR count). The Labute approximate surface area is 110 Å². The summed E-state index contributed by atoms with van der Waals surface area (Å²) in [6.45, 7) is 0.984. The molecule has 1 fully saturated rings. The average molecular weight is 278 g/mol. The van der Waals surface area contributed by atoms with Crippen molar-refractivity contribution < 1.29 is 18.3 Å². The second kappa shape index (κ2) is 6.11. The first kappa shape index (κ1) is 14.9. The molecule has 6 heteroatoms. The molecule has 3 nitrogen and oxygen atoms in total. The van der Waals surface area contributed by atoms with Gasteiger partial charge >= 0.3 is 5.97 Å². The van der Waals surface area contributed by atoms with E-state index in [1.165, 1.54) is 19.2 Å². The van der Waals surface area contributed by atoms with E-state index in [1.54, 1.807) is 0 Å². The number of ether oxygens (including phenoxy) is 1. The smallest absolute Gasteiger partial charge is 0.310 e. The van der Waals surface area contributed by atoms with Gasteiger partial charge in [-0.15, -0.1) is 12.4 Å².